The third-order valence-electron chi connectivity index (χ3n) is 1.67. The molecule has 1 aromatic rings. The lowest BCUT2D eigenvalue weighted by Gasteiger charge is -2.17. The highest BCUT2D eigenvalue weighted by Crippen LogP contribution is 2.12. The monoisotopic (exact) mass is 145 g/mol. The zero-order valence-electron chi connectivity index (χ0n) is 7.04. The van der Waals surface area contributed by atoms with Gasteiger partial charge in [-0.05, 0) is 31.5 Å². The van der Waals surface area contributed by atoms with Gasteiger partial charge in [-0.1, -0.05) is 12.1 Å². The highest BCUT2D eigenvalue weighted by molar-refractivity contribution is 6.17. The number of nitrogens with zero attached hydrogens (tertiary/aromatic N) is 1. The highest BCUT2D eigenvalue weighted by Gasteiger charge is 1.95. The molecule has 0 saturated heterocycles. The molecule has 0 saturated carbocycles. The quantitative estimate of drug-likeness (QED) is 0.574. The van der Waals surface area contributed by atoms with Gasteiger partial charge in [-0.2, -0.15) is 0 Å². The van der Waals surface area contributed by atoms with Crippen molar-refractivity contribution in [2.75, 3.05) is 11.4 Å². The Morgan fingerprint density at radius 2 is 2.18 bits per heavy atom. The fourth-order valence-electron chi connectivity index (χ4n) is 0.989. The molecule has 1 rings (SSSR count). The Kier molecular flexibility index (Phi) is 2.58. The number of aryl methyl sites for hydroxylation is 1. The Balaban J connectivity index is 2.86. The lowest BCUT2D eigenvalue weighted by Crippen LogP contribution is -2.17. The van der Waals surface area contributed by atoms with Gasteiger partial charge in [0.1, 0.15) is 0 Å². The van der Waals surface area contributed by atoms with Crippen LogP contribution in [0.1, 0.15) is 12.5 Å². The largest absolute Gasteiger partial charge is 0.425 e. The summed E-state index contributed by atoms with van der Waals surface area (Å²) < 4.78 is 0. The number of hydrogen-bond acceptors (Lipinski definition) is 1. The second-order valence-corrected chi connectivity index (χ2v) is 2.63. The standard InChI is InChI=1S/C9H12BN/c1-3-11(10)9-6-4-5-8(2)7-9/h4-7H,3H2,1-2H3. The van der Waals surface area contributed by atoms with E-state index in [9.17, 15) is 0 Å². The van der Waals surface area contributed by atoms with E-state index in [1.807, 2.05) is 19.1 Å². The maximum Gasteiger partial charge on any atom is 0.226 e. The summed E-state index contributed by atoms with van der Waals surface area (Å²) in [7, 11) is 5.70. The van der Waals surface area contributed by atoms with Gasteiger partial charge < -0.3 is 4.81 Å². The predicted octanol–water partition coefficient (Wildman–Crippen LogP) is 1.90. The van der Waals surface area contributed by atoms with Crippen molar-refractivity contribution in [3.8, 4) is 0 Å². The minimum absolute atomic E-state index is 0.837. The first-order chi connectivity index (χ1) is 5.24. The summed E-state index contributed by atoms with van der Waals surface area (Å²) in [5.74, 6) is 0. The molecule has 0 heterocycles. The van der Waals surface area contributed by atoms with Crippen LogP contribution in [0.25, 0.3) is 0 Å². The summed E-state index contributed by atoms with van der Waals surface area (Å²) in [6.45, 7) is 4.93. The fraction of sp³-hybridized carbons (Fsp3) is 0.333. The molecule has 11 heavy (non-hydrogen) atoms. The number of benzene rings is 1. The Bertz CT molecular complexity index is 235. The smallest absolute Gasteiger partial charge is 0.226 e. The van der Waals surface area contributed by atoms with E-state index in [0.717, 1.165) is 12.2 Å². The van der Waals surface area contributed by atoms with Crippen molar-refractivity contribution in [3.05, 3.63) is 29.8 Å². The third-order valence-corrected chi connectivity index (χ3v) is 1.67. The predicted molar refractivity (Wildman–Crippen MR) is 50.0 cm³/mol. The van der Waals surface area contributed by atoms with E-state index in [2.05, 4.69) is 19.1 Å². The van der Waals surface area contributed by atoms with Gasteiger partial charge in [0.05, 0.1) is 0 Å². The summed E-state index contributed by atoms with van der Waals surface area (Å²) in [5, 5.41) is 0. The van der Waals surface area contributed by atoms with Gasteiger partial charge in [-0.3, -0.25) is 0 Å². The molecule has 0 aromatic heterocycles. The fourth-order valence-corrected chi connectivity index (χ4v) is 0.989. The maximum absolute atomic E-state index is 5.70. The van der Waals surface area contributed by atoms with Gasteiger partial charge in [-0.15, -0.1) is 0 Å². The molecule has 0 aliphatic heterocycles. The molecular formula is C9H12BN. The summed E-state index contributed by atoms with van der Waals surface area (Å²) in [5.41, 5.74) is 2.32. The zero-order chi connectivity index (χ0) is 8.27. The molecule has 0 unspecified atom stereocenters. The molecule has 0 amide bonds. The van der Waals surface area contributed by atoms with E-state index in [1.54, 1.807) is 4.81 Å². The van der Waals surface area contributed by atoms with Crippen molar-refractivity contribution in [1.82, 2.24) is 0 Å². The van der Waals surface area contributed by atoms with Crippen molar-refractivity contribution in [2.45, 2.75) is 13.8 Å². The molecule has 1 nitrogen and oxygen atoms in total. The van der Waals surface area contributed by atoms with Crippen LogP contribution in [0.5, 0.6) is 0 Å². The van der Waals surface area contributed by atoms with Crippen molar-refractivity contribution in [3.63, 3.8) is 0 Å². The van der Waals surface area contributed by atoms with Crippen molar-refractivity contribution < 1.29 is 0 Å². The normalized spacial score (nSPS) is 9.64. The average molecular weight is 145 g/mol. The molecule has 0 fully saturated rings. The van der Waals surface area contributed by atoms with Crippen LogP contribution < -0.4 is 4.81 Å². The van der Waals surface area contributed by atoms with Crippen LogP contribution in [0.15, 0.2) is 24.3 Å². The van der Waals surface area contributed by atoms with Crippen LogP contribution in [0.2, 0.25) is 0 Å². The summed E-state index contributed by atoms with van der Waals surface area (Å²) in [4.78, 5) is 1.73. The minimum Gasteiger partial charge on any atom is -0.425 e. The van der Waals surface area contributed by atoms with E-state index < -0.39 is 0 Å². The van der Waals surface area contributed by atoms with Crippen LogP contribution in [-0.2, 0) is 0 Å². The van der Waals surface area contributed by atoms with Gasteiger partial charge in [0.15, 0.2) is 0 Å². The highest BCUT2D eigenvalue weighted by atomic mass is 15.0. The molecule has 0 atom stereocenters. The van der Waals surface area contributed by atoms with Gasteiger partial charge >= 0.3 is 0 Å². The Labute approximate surface area is 69.5 Å². The van der Waals surface area contributed by atoms with Gasteiger partial charge in [0, 0.05) is 12.2 Å². The van der Waals surface area contributed by atoms with Crippen LogP contribution in [0.3, 0.4) is 0 Å². The van der Waals surface area contributed by atoms with Gasteiger partial charge in [-0.25, -0.2) is 0 Å². The molecular weight excluding hydrogens is 133 g/mol. The van der Waals surface area contributed by atoms with Gasteiger partial charge in [0.2, 0.25) is 7.98 Å². The van der Waals surface area contributed by atoms with E-state index in [4.69, 9.17) is 7.98 Å². The second kappa shape index (κ2) is 3.47. The van der Waals surface area contributed by atoms with E-state index in [1.165, 1.54) is 5.56 Å². The van der Waals surface area contributed by atoms with Crippen molar-refractivity contribution in [1.29, 1.82) is 0 Å². The zero-order valence-corrected chi connectivity index (χ0v) is 7.04. The van der Waals surface area contributed by atoms with E-state index >= 15 is 0 Å². The summed E-state index contributed by atoms with van der Waals surface area (Å²) in [6, 6.07) is 8.16. The first-order valence-electron chi connectivity index (χ1n) is 3.83. The van der Waals surface area contributed by atoms with Crippen LogP contribution >= 0.6 is 0 Å². The molecule has 56 valence electrons. The molecule has 0 aliphatic carbocycles. The number of rotatable bonds is 2. The number of anilines is 1. The number of hydrogen-bond donors (Lipinski definition) is 0. The third kappa shape index (κ3) is 2.00. The van der Waals surface area contributed by atoms with Gasteiger partial charge in [0.25, 0.3) is 0 Å². The van der Waals surface area contributed by atoms with Crippen LogP contribution in [0, 0.1) is 6.92 Å². The molecule has 0 bridgehead atoms. The Hall–Kier alpha value is -0.915. The van der Waals surface area contributed by atoms with Crippen molar-refractivity contribution in [2.24, 2.45) is 0 Å². The molecule has 0 N–H and O–H groups in total. The maximum atomic E-state index is 5.70. The van der Waals surface area contributed by atoms with Crippen LogP contribution in [0.4, 0.5) is 5.69 Å². The lowest BCUT2D eigenvalue weighted by molar-refractivity contribution is 1.10. The Morgan fingerprint density at radius 3 is 2.73 bits per heavy atom. The topological polar surface area (TPSA) is 3.24 Å². The molecule has 1 aromatic carbocycles. The van der Waals surface area contributed by atoms with Crippen molar-refractivity contribution >= 4 is 13.7 Å². The first-order valence-corrected chi connectivity index (χ1v) is 3.83. The summed E-state index contributed by atoms with van der Waals surface area (Å²) >= 11 is 0. The molecule has 2 radical (unpaired) electrons. The minimum atomic E-state index is 0.837. The molecule has 2 heteroatoms. The lowest BCUT2D eigenvalue weighted by atomic mass is 10.1. The average Bonchev–Trinajstić information content (AvgIpc) is 2.03. The molecule has 0 spiro atoms. The SMILES string of the molecule is [B]N(CC)c1cccc(C)c1. The van der Waals surface area contributed by atoms with Crippen LogP contribution in [-0.4, -0.2) is 14.5 Å². The Morgan fingerprint density at radius 1 is 1.45 bits per heavy atom. The molecule has 0 aliphatic rings. The summed E-state index contributed by atoms with van der Waals surface area (Å²) in [6.07, 6.45) is 0. The van der Waals surface area contributed by atoms with E-state index in [0.29, 0.717) is 0 Å². The van der Waals surface area contributed by atoms with E-state index in [-0.39, 0.29) is 0 Å². The second-order valence-electron chi connectivity index (χ2n) is 2.63. The first kappa shape index (κ1) is 8.18.